The number of hydrogen-bond donors (Lipinski definition) is 8. The summed E-state index contributed by atoms with van der Waals surface area (Å²) in [6.07, 6.45) is -4.18. The van der Waals surface area contributed by atoms with Crippen LogP contribution < -0.4 is 61.6 Å². The highest BCUT2D eigenvalue weighted by Gasteiger charge is 2.63. The van der Waals surface area contributed by atoms with Gasteiger partial charge in [0.05, 0.1) is 30.7 Å². The molecule has 28 nitrogen and oxygen atoms in total. The normalized spacial score (nSPS) is 25.4. The Hall–Kier alpha value is -9.84. The Labute approximate surface area is 621 Å². The fraction of sp³-hybridized carbons (Fsp3) is 0.425. The number of rotatable bonds is 22. The second kappa shape index (κ2) is 36.1. The van der Waals surface area contributed by atoms with E-state index in [-0.39, 0.29) is 55.1 Å². The standard InChI is InChI=1S/C32H33FN3O4P.C15H21F2N3O4.2C13H17F2N3O4/c1-32(33)29(37)27(40-30(32)36-20-19-28(34)35-31(36)38)23-39-21-11-12-22-41(24-13-5-2-6-14-24,25-15-7-3-8-16-25)26-17-9-4-10-18-26;1-14(2,3)5-7-23-8-9-11(21)15(16,17)12(24-9)20-6-4-10(18)19-13(20)22;1-7(2)5-21-6-8-10(19)13(14,15)11(22-8)18-4-3-9(16)17-12(18)20;1-3-7(2)21-6-8-10(19)13(14,15)11(22-8)18-5-4-9(16)17-12(18)20/h2-11,13-21,27,29-30,37H,12,22-23H2,1H3,(H-,34,35,38);4-7,9,11-12,21H,8H2,1-3H3,(H2,18,19,22);2*3-5,8,10-11,19H,6H2,1-2H3,(H2,16,17,20)/p+1/b21-11+;7-5+;;7-3+/t27-,29-,30-,32?;9-,11-,12-;2*8-,10-,11-/m1111/s1. The van der Waals surface area contributed by atoms with Crippen LogP contribution in [0, 0.1) is 5.41 Å². The van der Waals surface area contributed by atoms with Gasteiger partial charge in [-0.25, -0.2) is 23.6 Å². The van der Waals surface area contributed by atoms with Gasteiger partial charge >= 0.3 is 40.5 Å². The largest absolute Gasteiger partial charge is 0.499 e. The monoisotopic (exact) mass is 1550 g/mol. The Kier molecular flexibility index (Phi) is 28.1. The summed E-state index contributed by atoms with van der Waals surface area (Å²) in [6, 6.07) is 36.8. The fourth-order valence-electron chi connectivity index (χ4n) is 11.5. The van der Waals surface area contributed by atoms with Crippen LogP contribution in [0.15, 0.2) is 208 Å². The van der Waals surface area contributed by atoms with E-state index in [2.05, 4.69) is 92.7 Å². The van der Waals surface area contributed by atoms with Gasteiger partial charge in [-0.2, -0.15) is 46.3 Å². The molecule has 4 aromatic heterocycles. The Morgan fingerprint density at radius 3 is 1.16 bits per heavy atom. The van der Waals surface area contributed by atoms with E-state index in [9.17, 15) is 65.9 Å². The summed E-state index contributed by atoms with van der Waals surface area (Å²) in [5.74, 6) is -10.8. The molecule has 13 atom stereocenters. The molecule has 7 aromatic rings. The van der Waals surface area contributed by atoms with Crippen LogP contribution in [0.4, 0.5) is 54.0 Å². The molecule has 4 aliphatic heterocycles. The van der Waals surface area contributed by atoms with E-state index < -0.39 is 127 Å². The molecule has 0 saturated carbocycles. The molecule has 36 heteroatoms. The van der Waals surface area contributed by atoms with E-state index in [1.165, 1.54) is 65.8 Å². The molecule has 0 bridgehead atoms. The van der Waals surface area contributed by atoms with E-state index in [4.69, 9.17) is 60.8 Å². The smallest absolute Gasteiger partial charge is 0.351 e. The molecule has 0 amide bonds. The van der Waals surface area contributed by atoms with Crippen molar-refractivity contribution in [3.05, 3.63) is 230 Å². The first-order valence-electron chi connectivity index (χ1n) is 34.0. The molecular formula is C73H89F7N12O16P+. The Morgan fingerprint density at radius 1 is 0.495 bits per heavy atom. The maximum atomic E-state index is 15.5. The highest BCUT2D eigenvalue weighted by molar-refractivity contribution is 7.95. The number of aliphatic hydroxyl groups is 4. The van der Waals surface area contributed by atoms with E-state index in [1.807, 2.05) is 45.0 Å². The molecule has 109 heavy (non-hydrogen) atoms. The number of nitrogens with zero attached hydrogens (tertiary/aromatic N) is 8. The van der Waals surface area contributed by atoms with Gasteiger partial charge in [0.15, 0.2) is 30.2 Å². The van der Waals surface area contributed by atoms with Gasteiger partial charge in [-0.15, -0.1) is 0 Å². The number of benzene rings is 3. The summed E-state index contributed by atoms with van der Waals surface area (Å²) >= 11 is 0. The van der Waals surface area contributed by atoms with Crippen molar-refractivity contribution in [2.45, 2.75) is 159 Å². The molecule has 1 unspecified atom stereocenters. The maximum Gasteiger partial charge on any atom is 0.351 e. The summed E-state index contributed by atoms with van der Waals surface area (Å²) in [4.78, 5) is 61.1. The SMILES string of the molecule is C/C=C(\C)OC[C@H]1O[C@@H](n2ccc(N)nc2=O)C(F)(F)[C@@H]1O.CC(C)(C)/C=C/OC[C@H]1O[C@@H](n2ccc(N)nc2=O)C(F)(F)[C@@H]1O.CC(C)=COC[C@H]1O[C@@H](n2ccc(N)nc2=O)C(F)(F)[C@@H]1O.CC1(F)[C@H](O)[C@@H](CO/C=C/CC[P+](c2ccccc2)(c2ccccc2)c2ccccc2)O[C@H]1n1ccc(N)nc1=O. The zero-order chi connectivity index (χ0) is 80.0. The van der Waals surface area contributed by atoms with Gasteiger partial charge < -0.3 is 81.3 Å². The average molecular weight is 1550 g/mol. The van der Waals surface area contributed by atoms with Crippen LogP contribution in [-0.2, 0) is 37.9 Å². The van der Waals surface area contributed by atoms with Crippen LogP contribution in [0.3, 0.4) is 0 Å². The molecule has 0 spiro atoms. The number of halogens is 7. The molecule has 11 rings (SSSR count). The lowest BCUT2D eigenvalue weighted by molar-refractivity contribution is -0.141. The third-order valence-electron chi connectivity index (χ3n) is 17.3. The quantitative estimate of drug-likeness (QED) is 0.0208. The zero-order valence-electron chi connectivity index (χ0n) is 60.6. The summed E-state index contributed by atoms with van der Waals surface area (Å²) in [5, 5.41) is 43.8. The topological polar surface area (TPSA) is 398 Å². The van der Waals surface area contributed by atoms with Crippen LogP contribution in [0.5, 0.6) is 0 Å². The second-order valence-corrected chi connectivity index (χ2v) is 30.6. The van der Waals surface area contributed by atoms with Crippen molar-refractivity contribution < 1.29 is 89.1 Å². The molecule has 4 aliphatic rings. The summed E-state index contributed by atoms with van der Waals surface area (Å²) in [7, 11) is -1.97. The molecule has 12 N–H and O–H groups in total. The third-order valence-corrected chi connectivity index (χ3v) is 21.8. The van der Waals surface area contributed by atoms with E-state index in [1.54, 1.807) is 46.1 Å². The van der Waals surface area contributed by atoms with Crippen molar-refractivity contribution in [1.82, 2.24) is 38.2 Å². The van der Waals surface area contributed by atoms with Gasteiger partial charge in [-0.05, 0) is 118 Å². The van der Waals surface area contributed by atoms with Crippen LogP contribution in [-0.4, -0.2) is 163 Å². The molecule has 590 valence electrons. The molecule has 4 fully saturated rings. The minimum absolute atomic E-state index is 0.0219. The lowest BCUT2D eigenvalue weighted by Crippen LogP contribution is -2.43. The first-order chi connectivity index (χ1) is 51.4. The lowest BCUT2D eigenvalue weighted by atomic mass is 9.97. The number of nitrogen functional groups attached to an aromatic ring is 4. The predicted molar refractivity (Wildman–Crippen MR) is 391 cm³/mol. The minimum atomic E-state index is -3.68. The van der Waals surface area contributed by atoms with E-state index >= 15 is 4.39 Å². The van der Waals surface area contributed by atoms with Gasteiger partial charge in [-0.1, -0.05) is 81.4 Å². The predicted octanol–water partition coefficient (Wildman–Crippen LogP) is 6.34. The molecule has 0 aliphatic carbocycles. The number of allylic oxidation sites excluding steroid dienone is 5. The van der Waals surface area contributed by atoms with Gasteiger partial charge in [0.25, 0.3) is 0 Å². The number of ether oxygens (including phenoxy) is 8. The highest BCUT2D eigenvalue weighted by Crippen LogP contribution is 2.56. The number of aliphatic hydroxyl groups excluding tert-OH is 4. The van der Waals surface area contributed by atoms with Crippen molar-refractivity contribution in [2.75, 3.05) is 55.5 Å². The average Bonchev–Trinajstić information content (AvgIpc) is 1.73. The van der Waals surface area contributed by atoms with Gasteiger partial charge in [0.2, 0.25) is 18.7 Å². The van der Waals surface area contributed by atoms with E-state index in [0.29, 0.717) is 19.5 Å². The number of aromatic nitrogens is 8. The summed E-state index contributed by atoms with van der Waals surface area (Å²) in [6.45, 7) is 13.0. The van der Waals surface area contributed by atoms with Crippen LogP contribution in [0.25, 0.3) is 0 Å². The summed E-state index contributed by atoms with van der Waals surface area (Å²) in [5.41, 5.74) is 16.3. The minimum Gasteiger partial charge on any atom is -0.499 e. The van der Waals surface area contributed by atoms with Crippen molar-refractivity contribution in [3.63, 3.8) is 0 Å². The van der Waals surface area contributed by atoms with Crippen LogP contribution in [0.2, 0.25) is 0 Å². The van der Waals surface area contributed by atoms with Gasteiger partial charge in [-0.3, -0.25) is 18.3 Å². The number of hydrogen-bond acceptors (Lipinski definition) is 24. The zero-order valence-corrected chi connectivity index (χ0v) is 61.5. The van der Waals surface area contributed by atoms with Gasteiger partial charge in [0, 0.05) is 31.2 Å². The van der Waals surface area contributed by atoms with Crippen molar-refractivity contribution >= 4 is 46.4 Å². The van der Waals surface area contributed by atoms with E-state index in [0.717, 1.165) is 41.3 Å². The Morgan fingerprint density at radius 2 is 0.817 bits per heavy atom. The number of anilines is 4. The molecule has 4 saturated heterocycles. The lowest BCUT2D eigenvalue weighted by Gasteiger charge is -2.27. The first kappa shape index (κ1) is 84.8. The number of nitrogens with two attached hydrogens (primary N) is 4. The molecule has 3 aromatic carbocycles. The molecule has 0 radical (unpaired) electrons. The summed E-state index contributed by atoms with van der Waals surface area (Å²) < 4.78 is 146. The highest BCUT2D eigenvalue weighted by atomic mass is 31.2. The van der Waals surface area contributed by atoms with Crippen molar-refractivity contribution in [2.24, 2.45) is 5.41 Å². The molecular weight excluding hydrogens is 1460 g/mol. The first-order valence-corrected chi connectivity index (χ1v) is 36.0. The third kappa shape index (κ3) is 20.4. The van der Waals surface area contributed by atoms with Crippen LogP contribution >= 0.6 is 7.26 Å². The maximum absolute atomic E-state index is 15.5. The Bertz CT molecular complexity index is 4440. The Balaban J connectivity index is 0.000000191. The second-order valence-electron chi connectivity index (χ2n) is 27.0. The van der Waals surface area contributed by atoms with Crippen molar-refractivity contribution in [3.8, 4) is 0 Å². The van der Waals surface area contributed by atoms with Crippen molar-refractivity contribution in [1.29, 1.82) is 0 Å². The fourth-order valence-corrected chi connectivity index (χ4v) is 15.8. The van der Waals surface area contributed by atoms with Crippen LogP contribution in [0.1, 0.15) is 86.7 Å². The molecule has 8 heterocycles. The number of alkyl halides is 7. The van der Waals surface area contributed by atoms with Gasteiger partial charge in [0.1, 0.15) is 103 Å².